The van der Waals surface area contributed by atoms with Crippen LogP contribution in [0.15, 0.2) is 43.0 Å². The highest BCUT2D eigenvalue weighted by molar-refractivity contribution is 5.69. The Hall–Kier alpha value is -3.44. The van der Waals surface area contributed by atoms with Crippen molar-refractivity contribution in [3.8, 4) is 0 Å². The predicted octanol–water partition coefficient (Wildman–Crippen LogP) is 2.42. The van der Waals surface area contributed by atoms with E-state index in [1.165, 1.54) is 20.8 Å². The molecule has 0 spiro atoms. The van der Waals surface area contributed by atoms with Gasteiger partial charge in [0.2, 0.25) is 0 Å². The Labute approximate surface area is 210 Å². The SMILES string of the molecule is C=CCCCO[C@H]1O[C@H](COC(C)=O)[C@@H](OC(C)=O)[C@H](OC(C)=O)[C@@H]1NC(=O)OCc1ccccc1. The van der Waals surface area contributed by atoms with Crippen LogP contribution in [0.3, 0.4) is 0 Å². The molecule has 0 unspecified atom stereocenters. The lowest BCUT2D eigenvalue weighted by molar-refractivity contribution is -0.277. The van der Waals surface area contributed by atoms with Crippen molar-refractivity contribution in [2.24, 2.45) is 0 Å². The molecule has 1 aromatic rings. The molecule has 1 heterocycles. The van der Waals surface area contributed by atoms with Crippen LogP contribution in [0.4, 0.5) is 4.79 Å². The summed E-state index contributed by atoms with van der Waals surface area (Å²) >= 11 is 0. The molecule has 0 saturated carbocycles. The number of nitrogens with one attached hydrogen (secondary N) is 1. The summed E-state index contributed by atoms with van der Waals surface area (Å²) in [4.78, 5) is 47.9. The van der Waals surface area contributed by atoms with Crippen molar-refractivity contribution in [2.45, 2.75) is 70.9 Å². The number of esters is 3. The first-order chi connectivity index (χ1) is 17.2. The number of amides is 1. The average Bonchev–Trinajstić information content (AvgIpc) is 2.82. The van der Waals surface area contributed by atoms with E-state index in [1.54, 1.807) is 18.2 Å². The summed E-state index contributed by atoms with van der Waals surface area (Å²) in [6.45, 7) is 7.13. The zero-order chi connectivity index (χ0) is 26.5. The molecule has 1 saturated heterocycles. The van der Waals surface area contributed by atoms with Gasteiger partial charge in [-0.1, -0.05) is 36.4 Å². The van der Waals surface area contributed by atoms with Crippen LogP contribution in [0.1, 0.15) is 39.2 Å². The molecule has 1 aliphatic heterocycles. The summed E-state index contributed by atoms with van der Waals surface area (Å²) in [5.74, 6) is -1.97. The van der Waals surface area contributed by atoms with Crippen molar-refractivity contribution in [1.82, 2.24) is 5.32 Å². The van der Waals surface area contributed by atoms with E-state index in [1.807, 2.05) is 18.2 Å². The Morgan fingerprint density at radius 3 is 2.25 bits per heavy atom. The molecule has 0 radical (unpaired) electrons. The molecule has 1 aromatic carbocycles. The van der Waals surface area contributed by atoms with Gasteiger partial charge in [0, 0.05) is 20.8 Å². The molecule has 0 aliphatic carbocycles. The highest BCUT2D eigenvalue weighted by Crippen LogP contribution is 2.28. The third-order valence-corrected chi connectivity index (χ3v) is 5.03. The van der Waals surface area contributed by atoms with Gasteiger partial charge in [-0.15, -0.1) is 6.58 Å². The average molecular weight is 508 g/mol. The summed E-state index contributed by atoms with van der Waals surface area (Å²) < 4.78 is 33.0. The lowest BCUT2D eigenvalue weighted by Crippen LogP contribution is -2.66. The van der Waals surface area contributed by atoms with E-state index in [9.17, 15) is 19.2 Å². The third-order valence-electron chi connectivity index (χ3n) is 5.03. The van der Waals surface area contributed by atoms with Crippen LogP contribution in [0.5, 0.6) is 0 Å². The normalized spacial score (nSPS) is 23.1. The maximum atomic E-state index is 12.7. The molecule has 11 nitrogen and oxygen atoms in total. The van der Waals surface area contributed by atoms with E-state index in [0.717, 1.165) is 5.56 Å². The molecule has 5 atom stereocenters. The van der Waals surface area contributed by atoms with Crippen molar-refractivity contribution in [2.75, 3.05) is 13.2 Å². The zero-order valence-electron chi connectivity index (χ0n) is 20.7. The molecule has 1 N–H and O–H groups in total. The molecule has 0 bridgehead atoms. The molecule has 1 fully saturated rings. The lowest BCUT2D eigenvalue weighted by Gasteiger charge is -2.44. The Bertz CT molecular complexity index is 890. The molecule has 11 heteroatoms. The Morgan fingerprint density at radius 2 is 1.64 bits per heavy atom. The fourth-order valence-corrected chi connectivity index (χ4v) is 3.53. The van der Waals surface area contributed by atoms with E-state index in [2.05, 4.69) is 11.9 Å². The number of allylic oxidation sites excluding steroid dienone is 1. The third kappa shape index (κ3) is 9.67. The Morgan fingerprint density at radius 1 is 0.972 bits per heavy atom. The molecule has 36 heavy (non-hydrogen) atoms. The largest absolute Gasteiger partial charge is 0.463 e. The topological polar surface area (TPSA) is 136 Å². The summed E-state index contributed by atoms with van der Waals surface area (Å²) in [6.07, 6.45) is -2.44. The van der Waals surface area contributed by atoms with Crippen molar-refractivity contribution >= 4 is 24.0 Å². The van der Waals surface area contributed by atoms with Gasteiger partial charge in [0.25, 0.3) is 0 Å². The fourth-order valence-electron chi connectivity index (χ4n) is 3.53. The van der Waals surface area contributed by atoms with Gasteiger partial charge in [0.15, 0.2) is 18.5 Å². The fraction of sp³-hybridized carbons (Fsp3) is 0.520. The smallest absolute Gasteiger partial charge is 0.407 e. The van der Waals surface area contributed by atoms with E-state index >= 15 is 0 Å². The van der Waals surface area contributed by atoms with Gasteiger partial charge < -0.3 is 33.7 Å². The highest BCUT2D eigenvalue weighted by atomic mass is 16.7. The van der Waals surface area contributed by atoms with Crippen LogP contribution in [0.2, 0.25) is 0 Å². The van der Waals surface area contributed by atoms with Crippen LogP contribution in [-0.2, 0) is 49.4 Å². The summed E-state index contributed by atoms with van der Waals surface area (Å²) in [6, 6.07) is 7.92. The second-order valence-corrected chi connectivity index (χ2v) is 8.03. The first-order valence-electron chi connectivity index (χ1n) is 11.5. The van der Waals surface area contributed by atoms with E-state index in [-0.39, 0.29) is 19.8 Å². The highest BCUT2D eigenvalue weighted by Gasteiger charge is 2.51. The van der Waals surface area contributed by atoms with Crippen LogP contribution in [0.25, 0.3) is 0 Å². The van der Waals surface area contributed by atoms with Gasteiger partial charge in [-0.2, -0.15) is 0 Å². The molecule has 1 amide bonds. The predicted molar refractivity (Wildman–Crippen MR) is 125 cm³/mol. The molecule has 0 aromatic heterocycles. The summed E-state index contributed by atoms with van der Waals surface area (Å²) in [5.41, 5.74) is 0.764. The zero-order valence-corrected chi connectivity index (χ0v) is 20.7. The first kappa shape index (κ1) is 28.8. The number of benzene rings is 1. The van der Waals surface area contributed by atoms with E-state index in [4.69, 9.17) is 28.4 Å². The van der Waals surface area contributed by atoms with Crippen LogP contribution in [-0.4, -0.2) is 67.9 Å². The van der Waals surface area contributed by atoms with Crippen LogP contribution < -0.4 is 5.32 Å². The lowest BCUT2D eigenvalue weighted by atomic mass is 9.96. The number of hydrogen-bond donors (Lipinski definition) is 1. The van der Waals surface area contributed by atoms with Crippen LogP contribution >= 0.6 is 0 Å². The quantitative estimate of drug-likeness (QED) is 0.194. The standard InChI is InChI=1S/C25H33NO10/c1-5-6-10-13-31-24-21(26-25(30)33-14-19-11-8-7-9-12-19)23(35-18(4)29)22(34-17(3)28)20(36-24)15-32-16(2)27/h5,7-9,11-12,20-24H,1,6,10,13-15H2,2-4H3,(H,26,30)/t20-,21+,22-,23-,24+/m1/s1. The Balaban J connectivity index is 2.29. The molecular formula is C25H33NO10. The number of carbonyl (C=O) groups excluding carboxylic acids is 4. The van der Waals surface area contributed by atoms with E-state index in [0.29, 0.717) is 12.8 Å². The minimum atomic E-state index is -1.23. The van der Waals surface area contributed by atoms with Crippen molar-refractivity contribution < 1.29 is 47.6 Å². The second kappa shape index (κ2) is 14.8. The number of carbonyl (C=O) groups is 4. The van der Waals surface area contributed by atoms with Crippen molar-refractivity contribution in [1.29, 1.82) is 0 Å². The summed E-state index contributed by atoms with van der Waals surface area (Å²) in [7, 11) is 0. The maximum Gasteiger partial charge on any atom is 0.407 e. The number of rotatable bonds is 12. The molecule has 2 rings (SSSR count). The van der Waals surface area contributed by atoms with Gasteiger partial charge in [0.1, 0.15) is 25.4 Å². The molecule has 198 valence electrons. The van der Waals surface area contributed by atoms with Crippen molar-refractivity contribution in [3.05, 3.63) is 48.6 Å². The number of unbranched alkanes of at least 4 members (excludes halogenated alkanes) is 1. The number of alkyl carbamates (subject to hydrolysis) is 1. The van der Waals surface area contributed by atoms with Gasteiger partial charge in [-0.05, 0) is 18.4 Å². The van der Waals surface area contributed by atoms with Gasteiger partial charge in [0.05, 0.1) is 6.61 Å². The van der Waals surface area contributed by atoms with Gasteiger partial charge >= 0.3 is 24.0 Å². The summed E-state index contributed by atoms with van der Waals surface area (Å²) in [5, 5.41) is 2.62. The van der Waals surface area contributed by atoms with E-state index < -0.39 is 54.6 Å². The molecular weight excluding hydrogens is 474 g/mol. The Kier molecular flexibility index (Phi) is 11.9. The minimum absolute atomic E-state index is 0.00814. The first-order valence-corrected chi connectivity index (χ1v) is 11.5. The van der Waals surface area contributed by atoms with Crippen LogP contribution in [0, 0.1) is 0 Å². The second-order valence-electron chi connectivity index (χ2n) is 8.03. The van der Waals surface area contributed by atoms with Crippen molar-refractivity contribution in [3.63, 3.8) is 0 Å². The maximum absolute atomic E-state index is 12.7. The monoisotopic (exact) mass is 507 g/mol. The number of hydrogen-bond acceptors (Lipinski definition) is 10. The minimum Gasteiger partial charge on any atom is -0.463 e. The number of ether oxygens (including phenoxy) is 6. The van der Waals surface area contributed by atoms with Gasteiger partial charge in [-0.25, -0.2) is 4.79 Å². The van der Waals surface area contributed by atoms with Gasteiger partial charge in [-0.3, -0.25) is 14.4 Å². The molecule has 1 aliphatic rings.